The van der Waals surface area contributed by atoms with Crippen molar-refractivity contribution in [1.82, 2.24) is 0 Å². The van der Waals surface area contributed by atoms with Crippen molar-refractivity contribution >= 4 is 34.7 Å². The summed E-state index contributed by atoms with van der Waals surface area (Å²) in [5.74, 6) is 2.13. The van der Waals surface area contributed by atoms with E-state index in [4.69, 9.17) is 11.6 Å². The van der Waals surface area contributed by atoms with Crippen LogP contribution in [0.4, 0.5) is 4.39 Å². The van der Waals surface area contributed by atoms with Crippen LogP contribution in [0.2, 0.25) is 0 Å². The van der Waals surface area contributed by atoms with E-state index in [0.717, 1.165) is 12.2 Å². The summed E-state index contributed by atoms with van der Waals surface area (Å²) in [7, 11) is 0. The number of hydrogen-bond donors (Lipinski definition) is 0. The highest BCUT2D eigenvalue weighted by Gasteiger charge is 2.19. The van der Waals surface area contributed by atoms with E-state index < -0.39 is 0 Å². The maximum Gasteiger partial charge on any atom is 0.126 e. The van der Waals surface area contributed by atoms with Crippen LogP contribution in [0.3, 0.4) is 0 Å². The molecular formula is C15H14ClFS2. The quantitative estimate of drug-likeness (QED) is 0.702. The van der Waals surface area contributed by atoms with E-state index in [1.54, 1.807) is 17.4 Å². The normalized spacial score (nSPS) is 16.1. The molecule has 0 bridgehead atoms. The molecule has 0 fully saturated rings. The minimum atomic E-state index is -0.162. The number of aryl methyl sites for hydroxylation is 1. The van der Waals surface area contributed by atoms with Gasteiger partial charge < -0.3 is 0 Å². The van der Waals surface area contributed by atoms with E-state index in [9.17, 15) is 4.39 Å². The lowest BCUT2D eigenvalue weighted by molar-refractivity contribution is 0.607. The molecule has 1 unspecified atom stereocenters. The fourth-order valence-electron chi connectivity index (χ4n) is 2.28. The zero-order valence-corrected chi connectivity index (χ0v) is 12.8. The van der Waals surface area contributed by atoms with Gasteiger partial charge in [0, 0.05) is 15.5 Å². The van der Waals surface area contributed by atoms with Crippen molar-refractivity contribution in [1.29, 1.82) is 0 Å². The summed E-state index contributed by atoms with van der Waals surface area (Å²) < 4.78 is 13.6. The second-order valence-electron chi connectivity index (χ2n) is 4.66. The monoisotopic (exact) mass is 312 g/mol. The first-order valence-corrected chi connectivity index (χ1v) is 8.71. The van der Waals surface area contributed by atoms with E-state index >= 15 is 0 Å². The Hall–Kier alpha value is -0.510. The fourth-order valence-corrected chi connectivity index (χ4v) is 5.00. The smallest absolute Gasteiger partial charge is 0.126 e. The molecule has 3 rings (SSSR count). The molecule has 1 aromatic heterocycles. The van der Waals surface area contributed by atoms with Gasteiger partial charge in [0.1, 0.15) is 5.82 Å². The molecule has 100 valence electrons. The Morgan fingerprint density at radius 3 is 2.95 bits per heavy atom. The van der Waals surface area contributed by atoms with Gasteiger partial charge in [0.25, 0.3) is 0 Å². The molecule has 2 heterocycles. The van der Waals surface area contributed by atoms with E-state index in [-0.39, 0.29) is 11.2 Å². The van der Waals surface area contributed by atoms with Crippen molar-refractivity contribution in [2.24, 2.45) is 0 Å². The Morgan fingerprint density at radius 1 is 1.32 bits per heavy atom. The highest BCUT2D eigenvalue weighted by Crippen LogP contribution is 2.37. The van der Waals surface area contributed by atoms with Crippen LogP contribution in [0.25, 0.3) is 0 Å². The first kappa shape index (κ1) is 13.5. The van der Waals surface area contributed by atoms with E-state index in [1.165, 1.54) is 27.1 Å². The second-order valence-corrected chi connectivity index (χ2v) is 7.46. The van der Waals surface area contributed by atoms with Gasteiger partial charge in [0.2, 0.25) is 0 Å². The Labute approximate surface area is 126 Å². The van der Waals surface area contributed by atoms with Crippen LogP contribution in [0.1, 0.15) is 26.3 Å². The molecular weight excluding hydrogens is 299 g/mol. The molecule has 0 amide bonds. The summed E-state index contributed by atoms with van der Waals surface area (Å²) in [5, 5.41) is -0.127. The van der Waals surface area contributed by atoms with Gasteiger partial charge in [-0.2, -0.15) is 11.8 Å². The van der Waals surface area contributed by atoms with Gasteiger partial charge in [-0.05, 0) is 41.9 Å². The van der Waals surface area contributed by atoms with Gasteiger partial charge >= 0.3 is 0 Å². The maximum atomic E-state index is 13.6. The van der Waals surface area contributed by atoms with Crippen LogP contribution >= 0.6 is 34.7 Å². The van der Waals surface area contributed by atoms with Crippen molar-refractivity contribution < 1.29 is 4.39 Å². The predicted octanol–water partition coefficient (Wildman–Crippen LogP) is 5.20. The number of thioether (sulfide) groups is 1. The van der Waals surface area contributed by atoms with Crippen molar-refractivity contribution in [3.05, 3.63) is 57.0 Å². The SMILES string of the molecule is Fc1ccccc1CC(Cl)c1cc2c(s1)CCSC2. The molecule has 0 nitrogen and oxygen atoms in total. The molecule has 0 radical (unpaired) electrons. The topological polar surface area (TPSA) is 0 Å². The van der Waals surface area contributed by atoms with Gasteiger partial charge in [-0.25, -0.2) is 4.39 Å². The molecule has 0 spiro atoms. The van der Waals surface area contributed by atoms with Crippen LogP contribution in [0.15, 0.2) is 30.3 Å². The number of thiophene rings is 1. The first-order chi connectivity index (χ1) is 9.24. The minimum absolute atomic E-state index is 0.127. The fraction of sp³-hybridized carbons (Fsp3) is 0.333. The highest BCUT2D eigenvalue weighted by molar-refractivity contribution is 7.98. The van der Waals surface area contributed by atoms with Gasteiger partial charge in [-0.3, -0.25) is 0 Å². The molecule has 1 aromatic carbocycles. The van der Waals surface area contributed by atoms with Gasteiger partial charge in [-0.1, -0.05) is 18.2 Å². The van der Waals surface area contributed by atoms with Crippen LogP contribution in [-0.4, -0.2) is 5.75 Å². The summed E-state index contributed by atoms with van der Waals surface area (Å²) in [6.45, 7) is 0. The number of halogens is 2. The Bertz CT molecular complexity index is 556. The highest BCUT2D eigenvalue weighted by atomic mass is 35.5. The number of fused-ring (bicyclic) bond motifs is 1. The van der Waals surface area contributed by atoms with Crippen molar-refractivity contribution in [3.63, 3.8) is 0 Å². The lowest BCUT2D eigenvalue weighted by Gasteiger charge is -2.08. The molecule has 1 aliphatic rings. The lowest BCUT2D eigenvalue weighted by atomic mass is 10.1. The van der Waals surface area contributed by atoms with E-state index in [1.807, 2.05) is 23.9 Å². The number of benzene rings is 1. The van der Waals surface area contributed by atoms with E-state index in [0.29, 0.717) is 12.0 Å². The van der Waals surface area contributed by atoms with Gasteiger partial charge in [0.15, 0.2) is 0 Å². The van der Waals surface area contributed by atoms with Crippen molar-refractivity contribution in [2.45, 2.75) is 24.0 Å². The molecule has 2 aromatic rings. The molecule has 0 aliphatic carbocycles. The summed E-state index contributed by atoms with van der Waals surface area (Å²) in [4.78, 5) is 2.64. The van der Waals surface area contributed by atoms with Crippen LogP contribution < -0.4 is 0 Å². The number of alkyl halides is 1. The molecule has 0 N–H and O–H groups in total. The van der Waals surface area contributed by atoms with Crippen LogP contribution in [0, 0.1) is 5.82 Å². The third-order valence-electron chi connectivity index (χ3n) is 3.31. The zero-order valence-electron chi connectivity index (χ0n) is 10.4. The average Bonchev–Trinajstić information content (AvgIpc) is 2.85. The average molecular weight is 313 g/mol. The molecule has 1 atom stereocenters. The van der Waals surface area contributed by atoms with Gasteiger partial charge in [0.05, 0.1) is 5.38 Å². The summed E-state index contributed by atoms with van der Waals surface area (Å²) in [6, 6.07) is 9.09. The largest absolute Gasteiger partial charge is 0.207 e. The van der Waals surface area contributed by atoms with E-state index in [2.05, 4.69) is 6.07 Å². The standard InChI is InChI=1S/C15H14ClFS2/c16-12(7-10-3-1-2-4-13(10)17)15-8-11-9-18-6-5-14(11)19-15/h1-4,8,12H,5-7,9H2. The molecule has 1 aliphatic heterocycles. The minimum Gasteiger partial charge on any atom is -0.207 e. The van der Waals surface area contributed by atoms with Crippen molar-refractivity contribution in [3.8, 4) is 0 Å². The van der Waals surface area contributed by atoms with Crippen LogP contribution in [0.5, 0.6) is 0 Å². The second kappa shape index (κ2) is 5.86. The summed E-state index contributed by atoms with van der Waals surface area (Å²) >= 11 is 10.2. The third kappa shape index (κ3) is 2.99. The van der Waals surface area contributed by atoms with Gasteiger partial charge in [-0.15, -0.1) is 22.9 Å². The van der Waals surface area contributed by atoms with Crippen molar-refractivity contribution in [2.75, 3.05) is 5.75 Å². The third-order valence-corrected chi connectivity index (χ3v) is 6.19. The zero-order chi connectivity index (χ0) is 13.2. The number of hydrogen-bond acceptors (Lipinski definition) is 2. The first-order valence-electron chi connectivity index (χ1n) is 6.31. The Balaban J connectivity index is 1.79. The molecule has 4 heteroatoms. The summed E-state index contributed by atoms with van der Waals surface area (Å²) in [6.07, 6.45) is 1.70. The number of rotatable bonds is 3. The summed E-state index contributed by atoms with van der Waals surface area (Å²) in [5.41, 5.74) is 2.12. The lowest BCUT2D eigenvalue weighted by Crippen LogP contribution is -1.96. The Morgan fingerprint density at radius 2 is 2.16 bits per heavy atom. The molecule has 19 heavy (non-hydrogen) atoms. The molecule has 0 saturated heterocycles. The predicted molar refractivity (Wildman–Crippen MR) is 82.9 cm³/mol. The maximum absolute atomic E-state index is 13.6. The molecule has 0 saturated carbocycles. The Kier molecular flexibility index (Phi) is 4.15. The van der Waals surface area contributed by atoms with Crippen LogP contribution in [-0.2, 0) is 18.6 Å².